The molecule has 0 aromatic rings. The minimum Gasteiger partial charge on any atom is -0.481 e. The van der Waals surface area contributed by atoms with Gasteiger partial charge in [-0.1, -0.05) is 39.8 Å². The van der Waals surface area contributed by atoms with Crippen molar-refractivity contribution in [1.82, 2.24) is 0 Å². The quantitative estimate of drug-likeness (QED) is 0.408. The molecule has 34 heavy (non-hydrogen) atoms. The second-order valence-electron chi connectivity index (χ2n) is 14.4. The van der Waals surface area contributed by atoms with Crippen molar-refractivity contribution in [3.63, 3.8) is 0 Å². The summed E-state index contributed by atoms with van der Waals surface area (Å²) >= 11 is 0. The maximum absolute atomic E-state index is 12.3. The molecule has 0 bridgehead atoms. The van der Waals surface area contributed by atoms with Gasteiger partial charge in [0.25, 0.3) is 0 Å². The molecule has 4 rings (SSSR count). The molecular weight excluding hydrogens is 424 g/mol. The van der Waals surface area contributed by atoms with Crippen molar-refractivity contribution in [2.24, 2.45) is 56.7 Å². The van der Waals surface area contributed by atoms with Gasteiger partial charge in [0.1, 0.15) is 0 Å². The van der Waals surface area contributed by atoms with E-state index in [9.17, 15) is 19.8 Å². The van der Waals surface area contributed by atoms with Gasteiger partial charge in [0.2, 0.25) is 0 Å². The van der Waals surface area contributed by atoms with Crippen LogP contribution in [0.15, 0.2) is 12.2 Å². The molecule has 0 aromatic heterocycles. The Kier molecular flexibility index (Phi) is 5.94. The first kappa shape index (κ1) is 25.8. The average Bonchev–Trinajstić information content (AvgIpc) is 3.06. The third-order valence-electron chi connectivity index (χ3n) is 12.7. The third-order valence-corrected chi connectivity index (χ3v) is 12.7. The number of carboxylic acids is 2. The molecule has 0 spiro atoms. The zero-order valence-electron chi connectivity index (χ0n) is 22.7. The molecule has 0 unspecified atom stereocenters. The van der Waals surface area contributed by atoms with Crippen molar-refractivity contribution < 1.29 is 19.8 Å². The topological polar surface area (TPSA) is 74.6 Å². The predicted octanol–water partition coefficient (Wildman–Crippen LogP) is 7.43. The molecule has 0 saturated heterocycles. The monoisotopic (exact) mass is 472 g/mol. The summed E-state index contributed by atoms with van der Waals surface area (Å²) in [5.74, 6) is 0.387. The second-order valence-corrected chi connectivity index (χ2v) is 14.4. The van der Waals surface area contributed by atoms with Crippen LogP contribution >= 0.6 is 0 Å². The van der Waals surface area contributed by atoms with E-state index in [1.54, 1.807) is 0 Å². The molecule has 192 valence electrons. The van der Waals surface area contributed by atoms with E-state index in [0.29, 0.717) is 23.2 Å². The Bertz CT molecular complexity index is 890. The summed E-state index contributed by atoms with van der Waals surface area (Å²) in [7, 11) is 0. The lowest BCUT2D eigenvalue weighted by molar-refractivity contribution is -0.230. The van der Waals surface area contributed by atoms with Gasteiger partial charge in [-0.25, -0.2) is 0 Å². The Balaban J connectivity index is 1.79. The number of carbonyl (C=O) groups is 2. The van der Waals surface area contributed by atoms with E-state index < -0.39 is 22.8 Å². The zero-order valence-corrected chi connectivity index (χ0v) is 22.7. The van der Waals surface area contributed by atoms with Crippen LogP contribution in [0.3, 0.4) is 0 Å². The van der Waals surface area contributed by atoms with Crippen LogP contribution in [-0.4, -0.2) is 22.2 Å². The van der Waals surface area contributed by atoms with Crippen molar-refractivity contribution >= 4 is 11.9 Å². The van der Waals surface area contributed by atoms with E-state index in [1.165, 1.54) is 31.3 Å². The van der Waals surface area contributed by atoms with Crippen LogP contribution in [0.4, 0.5) is 0 Å². The molecule has 0 radical (unpaired) electrons. The molecule has 4 heteroatoms. The van der Waals surface area contributed by atoms with Gasteiger partial charge in [0.05, 0.1) is 11.8 Å². The Labute approximate surface area is 207 Å². The number of hydrogen-bond donors (Lipinski definition) is 2. The van der Waals surface area contributed by atoms with E-state index in [-0.39, 0.29) is 29.1 Å². The minimum atomic E-state index is -0.940. The second kappa shape index (κ2) is 7.84. The molecule has 0 heterocycles. The standard InChI is InChI=1S/C30H48O4/c1-18(2)19-11-13-27(5)15-16-29(7)20(24(19)27)9-10-22-28(6,17-23(31)32)21(12-14-30(22,29)8)26(3,4)25(33)34/h19-22,24H,1,9-17H2,2-8H3,(H,31,32)(H,33,34)/t19-,20+,21-,22+,24+,27+,28-,29+,30+/m0/s1. The Morgan fingerprint density at radius 2 is 1.56 bits per heavy atom. The van der Waals surface area contributed by atoms with E-state index in [0.717, 1.165) is 25.7 Å². The highest BCUT2D eigenvalue weighted by Crippen LogP contribution is 2.76. The van der Waals surface area contributed by atoms with Crippen molar-refractivity contribution in [3.05, 3.63) is 12.2 Å². The molecule has 4 saturated carbocycles. The van der Waals surface area contributed by atoms with Gasteiger partial charge in [-0.05, 0) is 123 Å². The molecule has 4 fully saturated rings. The lowest BCUT2D eigenvalue weighted by Gasteiger charge is -2.71. The van der Waals surface area contributed by atoms with Crippen LogP contribution in [0.25, 0.3) is 0 Å². The van der Waals surface area contributed by atoms with Gasteiger partial charge in [-0.3, -0.25) is 9.59 Å². The first-order chi connectivity index (χ1) is 15.5. The maximum Gasteiger partial charge on any atom is 0.309 e. The lowest BCUT2D eigenvalue weighted by atomic mass is 9.33. The Morgan fingerprint density at radius 3 is 2.12 bits per heavy atom. The molecule has 0 aliphatic heterocycles. The highest BCUT2D eigenvalue weighted by Gasteiger charge is 2.70. The van der Waals surface area contributed by atoms with Crippen molar-refractivity contribution in [1.29, 1.82) is 0 Å². The van der Waals surface area contributed by atoms with Crippen LogP contribution in [0, 0.1) is 56.7 Å². The number of fused-ring (bicyclic) bond motifs is 5. The summed E-state index contributed by atoms with van der Waals surface area (Å²) in [4.78, 5) is 24.5. The van der Waals surface area contributed by atoms with E-state index >= 15 is 0 Å². The largest absolute Gasteiger partial charge is 0.481 e. The maximum atomic E-state index is 12.3. The predicted molar refractivity (Wildman–Crippen MR) is 135 cm³/mol. The van der Waals surface area contributed by atoms with Crippen LogP contribution in [0.5, 0.6) is 0 Å². The molecule has 2 N–H and O–H groups in total. The fraction of sp³-hybridized carbons (Fsp3) is 0.867. The minimum absolute atomic E-state index is 0.0226. The van der Waals surface area contributed by atoms with Gasteiger partial charge >= 0.3 is 11.9 Å². The molecular formula is C30H48O4. The van der Waals surface area contributed by atoms with E-state index in [1.807, 2.05) is 13.8 Å². The van der Waals surface area contributed by atoms with Crippen molar-refractivity contribution in [3.8, 4) is 0 Å². The van der Waals surface area contributed by atoms with Crippen LogP contribution in [0.1, 0.15) is 106 Å². The fourth-order valence-electron chi connectivity index (χ4n) is 10.8. The molecule has 0 amide bonds. The van der Waals surface area contributed by atoms with Crippen LogP contribution < -0.4 is 0 Å². The number of allylic oxidation sites excluding steroid dienone is 1. The normalized spacial score (nSPS) is 48.4. The van der Waals surface area contributed by atoms with Gasteiger partial charge in [-0.15, -0.1) is 0 Å². The SMILES string of the molecule is C=C(C)[C@@H]1CC[C@]2(C)CC[C@]3(C)[C@H](CC[C@@H]4[C@@](C)(CC(=O)O)[C@H](C(C)(C)C(=O)O)CC[C@]43C)[C@@H]12. The number of aliphatic carboxylic acids is 2. The van der Waals surface area contributed by atoms with Gasteiger partial charge in [0, 0.05) is 0 Å². The zero-order chi connectivity index (χ0) is 25.5. The van der Waals surface area contributed by atoms with Gasteiger partial charge in [0.15, 0.2) is 0 Å². The average molecular weight is 473 g/mol. The summed E-state index contributed by atoms with van der Waals surface area (Å²) in [6, 6.07) is 0. The van der Waals surface area contributed by atoms with Crippen molar-refractivity contribution in [2.45, 2.75) is 106 Å². The summed E-state index contributed by atoms with van der Waals surface area (Å²) in [6.45, 7) is 19.9. The van der Waals surface area contributed by atoms with E-state index in [2.05, 4.69) is 41.2 Å². The molecule has 0 aromatic carbocycles. The third kappa shape index (κ3) is 3.29. The summed E-state index contributed by atoms with van der Waals surface area (Å²) in [5, 5.41) is 20.1. The molecule has 4 aliphatic rings. The number of rotatable bonds is 5. The summed E-state index contributed by atoms with van der Waals surface area (Å²) in [5.41, 5.74) is 0.437. The smallest absolute Gasteiger partial charge is 0.309 e. The van der Waals surface area contributed by atoms with Gasteiger partial charge < -0.3 is 10.2 Å². The molecule has 4 aliphatic carbocycles. The Morgan fingerprint density at radius 1 is 0.912 bits per heavy atom. The fourth-order valence-corrected chi connectivity index (χ4v) is 10.8. The number of hydrogen-bond acceptors (Lipinski definition) is 2. The number of carboxylic acid groups (broad SMARTS) is 2. The van der Waals surface area contributed by atoms with Crippen LogP contribution in [0.2, 0.25) is 0 Å². The van der Waals surface area contributed by atoms with Crippen molar-refractivity contribution in [2.75, 3.05) is 0 Å². The highest BCUT2D eigenvalue weighted by molar-refractivity contribution is 5.75. The first-order valence-corrected chi connectivity index (χ1v) is 13.7. The van der Waals surface area contributed by atoms with Gasteiger partial charge in [-0.2, -0.15) is 0 Å². The first-order valence-electron chi connectivity index (χ1n) is 13.7. The molecule has 9 atom stereocenters. The lowest BCUT2D eigenvalue weighted by Crippen LogP contribution is -2.65. The molecule has 4 nitrogen and oxygen atoms in total. The summed E-state index contributed by atoms with van der Waals surface area (Å²) < 4.78 is 0. The van der Waals surface area contributed by atoms with Crippen LogP contribution in [-0.2, 0) is 9.59 Å². The highest BCUT2D eigenvalue weighted by atomic mass is 16.4. The summed E-state index contributed by atoms with van der Waals surface area (Å²) in [6.07, 6.45) is 9.02. The Hall–Kier alpha value is -1.32. The van der Waals surface area contributed by atoms with E-state index in [4.69, 9.17) is 0 Å².